The van der Waals surface area contributed by atoms with E-state index in [1.54, 1.807) is 18.2 Å². The van der Waals surface area contributed by atoms with Gasteiger partial charge in [-0.2, -0.15) is 0 Å². The zero-order chi connectivity index (χ0) is 14.8. The summed E-state index contributed by atoms with van der Waals surface area (Å²) >= 11 is 13.5. The number of carbonyl (C=O) groups is 1. The second-order valence-corrected chi connectivity index (χ2v) is 6.24. The number of thioether (sulfide) groups is 1. The van der Waals surface area contributed by atoms with Crippen LogP contribution in [0, 0.1) is 0 Å². The molecule has 0 aliphatic carbocycles. The van der Waals surface area contributed by atoms with E-state index in [-0.39, 0.29) is 11.5 Å². The van der Waals surface area contributed by atoms with Gasteiger partial charge < -0.3 is 4.42 Å². The van der Waals surface area contributed by atoms with Crippen LogP contribution in [0.5, 0.6) is 0 Å². The standard InChI is InChI=1S/C16H10Cl2O2S/c17-11-5-1-2-7-15(11)21-9-13(19)14-8-10-4-3-6-12(18)16(10)20-14/h1-8H,9H2. The second kappa shape index (κ2) is 6.14. The third-order valence-electron chi connectivity index (χ3n) is 2.97. The first kappa shape index (κ1) is 14.5. The predicted octanol–water partition coefficient (Wildman–Crippen LogP) is 5.71. The first-order valence-electron chi connectivity index (χ1n) is 6.24. The van der Waals surface area contributed by atoms with Crippen LogP contribution >= 0.6 is 35.0 Å². The normalized spacial score (nSPS) is 11.0. The van der Waals surface area contributed by atoms with E-state index >= 15 is 0 Å². The Morgan fingerprint density at radius 1 is 1.05 bits per heavy atom. The molecule has 0 radical (unpaired) electrons. The number of fused-ring (bicyclic) bond motifs is 1. The maximum atomic E-state index is 12.2. The molecule has 0 saturated carbocycles. The largest absolute Gasteiger partial charge is 0.451 e. The van der Waals surface area contributed by atoms with Crippen LogP contribution in [0.2, 0.25) is 10.0 Å². The average Bonchev–Trinajstić information content (AvgIpc) is 2.92. The molecule has 0 saturated heterocycles. The van der Waals surface area contributed by atoms with Crippen LogP contribution in [-0.2, 0) is 0 Å². The quantitative estimate of drug-likeness (QED) is 0.451. The lowest BCUT2D eigenvalue weighted by Crippen LogP contribution is -2.00. The zero-order valence-electron chi connectivity index (χ0n) is 10.8. The highest BCUT2D eigenvalue weighted by Gasteiger charge is 2.14. The van der Waals surface area contributed by atoms with E-state index in [0.29, 0.717) is 21.4 Å². The number of furan rings is 1. The fraction of sp³-hybridized carbons (Fsp3) is 0.0625. The number of carbonyl (C=O) groups excluding carboxylic acids is 1. The van der Waals surface area contributed by atoms with Gasteiger partial charge in [0.25, 0.3) is 0 Å². The van der Waals surface area contributed by atoms with Gasteiger partial charge in [-0.15, -0.1) is 11.8 Å². The second-order valence-electron chi connectivity index (χ2n) is 4.41. The molecule has 0 spiro atoms. The predicted molar refractivity (Wildman–Crippen MR) is 87.7 cm³/mol. The van der Waals surface area contributed by atoms with Crippen LogP contribution < -0.4 is 0 Å². The molecule has 3 aromatic rings. The number of hydrogen-bond donors (Lipinski definition) is 0. The summed E-state index contributed by atoms with van der Waals surface area (Å²) in [7, 11) is 0. The fourth-order valence-corrected chi connectivity index (χ4v) is 3.27. The van der Waals surface area contributed by atoms with Gasteiger partial charge in [0.15, 0.2) is 11.3 Å². The molecule has 2 nitrogen and oxygen atoms in total. The molecule has 21 heavy (non-hydrogen) atoms. The molecule has 2 aromatic carbocycles. The summed E-state index contributed by atoms with van der Waals surface area (Å²) in [5.41, 5.74) is 0.547. The molecule has 0 atom stereocenters. The van der Waals surface area contributed by atoms with Gasteiger partial charge in [0.2, 0.25) is 5.78 Å². The maximum absolute atomic E-state index is 12.2. The molecule has 0 aliphatic heterocycles. The molecule has 1 aromatic heterocycles. The minimum atomic E-state index is -0.0906. The lowest BCUT2D eigenvalue weighted by Gasteiger charge is -2.01. The monoisotopic (exact) mass is 336 g/mol. The van der Waals surface area contributed by atoms with Gasteiger partial charge in [-0.1, -0.05) is 47.5 Å². The third-order valence-corrected chi connectivity index (χ3v) is 4.78. The molecule has 5 heteroatoms. The smallest absolute Gasteiger partial charge is 0.208 e. The van der Waals surface area contributed by atoms with Crippen LogP contribution in [0.4, 0.5) is 0 Å². The zero-order valence-corrected chi connectivity index (χ0v) is 13.1. The molecular weight excluding hydrogens is 327 g/mol. The minimum absolute atomic E-state index is 0.0906. The van der Waals surface area contributed by atoms with Crippen LogP contribution in [0.3, 0.4) is 0 Å². The summed E-state index contributed by atoms with van der Waals surface area (Å²) in [6.07, 6.45) is 0. The fourth-order valence-electron chi connectivity index (χ4n) is 1.94. The molecule has 0 amide bonds. The number of rotatable bonds is 4. The molecular formula is C16H10Cl2O2S. The van der Waals surface area contributed by atoms with Crippen molar-refractivity contribution in [3.8, 4) is 0 Å². The highest BCUT2D eigenvalue weighted by Crippen LogP contribution is 2.30. The summed E-state index contributed by atoms with van der Waals surface area (Å²) in [4.78, 5) is 13.1. The van der Waals surface area contributed by atoms with Gasteiger partial charge in [-0.05, 0) is 24.3 Å². The Balaban J connectivity index is 1.78. The molecule has 0 fully saturated rings. The van der Waals surface area contributed by atoms with Crippen molar-refractivity contribution in [2.75, 3.05) is 5.75 Å². The molecule has 0 aliphatic rings. The van der Waals surface area contributed by atoms with Crippen LogP contribution in [0.25, 0.3) is 11.0 Å². The van der Waals surface area contributed by atoms with Crippen molar-refractivity contribution in [2.45, 2.75) is 4.90 Å². The van der Waals surface area contributed by atoms with Crippen molar-refractivity contribution in [3.63, 3.8) is 0 Å². The van der Waals surface area contributed by atoms with E-state index in [2.05, 4.69) is 0 Å². The highest BCUT2D eigenvalue weighted by atomic mass is 35.5. The summed E-state index contributed by atoms with van der Waals surface area (Å²) in [5, 5.41) is 1.97. The molecule has 0 unspecified atom stereocenters. The lowest BCUT2D eigenvalue weighted by atomic mass is 10.2. The van der Waals surface area contributed by atoms with E-state index in [9.17, 15) is 4.79 Å². The van der Waals surface area contributed by atoms with Crippen molar-refractivity contribution >= 4 is 51.7 Å². The van der Waals surface area contributed by atoms with Crippen molar-refractivity contribution in [2.24, 2.45) is 0 Å². The summed E-state index contributed by atoms with van der Waals surface area (Å²) in [6, 6.07) is 14.6. The topological polar surface area (TPSA) is 30.2 Å². The van der Waals surface area contributed by atoms with E-state index in [1.807, 2.05) is 30.3 Å². The minimum Gasteiger partial charge on any atom is -0.451 e. The molecule has 1 heterocycles. The van der Waals surface area contributed by atoms with E-state index < -0.39 is 0 Å². The highest BCUT2D eigenvalue weighted by molar-refractivity contribution is 8.00. The van der Waals surface area contributed by atoms with Gasteiger partial charge in [-0.25, -0.2) is 0 Å². The third kappa shape index (κ3) is 3.10. The number of hydrogen-bond acceptors (Lipinski definition) is 3. The van der Waals surface area contributed by atoms with Crippen molar-refractivity contribution in [1.82, 2.24) is 0 Å². The molecule has 0 bridgehead atoms. The maximum Gasteiger partial charge on any atom is 0.208 e. The number of benzene rings is 2. The Bertz CT molecular complexity index is 811. The Morgan fingerprint density at radius 3 is 2.57 bits per heavy atom. The van der Waals surface area contributed by atoms with Gasteiger partial charge in [0.1, 0.15) is 0 Å². The van der Waals surface area contributed by atoms with E-state index in [4.69, 9.17) is 27.6 Å². The number of para-hydroxylation sites is 1. The molecule has 3 rings (SSSR count). The first-order valence-corrected chi connectivity index (χ1v) is 7.98. The SMILES string of the molecule is O=C(CSc1ccccc1Cl)c1cc2cccc(Cl)c2o1. The van der Waals surface area contributed by atoms with Crippen molar-refractivity contribution in [3.05, 3.63) is 64.3 Å². The summed E-state index contributed by atoms with van der Waals surface area (Å²) in [5.74, 6) is 0.492. The van der Waals surface area contributed by atoms with Gasteiger partial charge in [-0.3, -0.25) is 4.79 Å². The van der Waals surface area contributed by atoms with Crippen molar-refractivity contribution < 1.29 is 9.21 Å². The van der Waals surface area contributed by atoms with E-state index in [0.717, 1.165) is 10.3 Å². The molecule has 0 N–H and O–H groups in total. The summed E-state index contributed by atoms with van der Waals surface area (Å²) in [6.45, 7) is 0. The van der Waals surface area contributed by atoms with E-state index in [1.165, 1.54) is 11.8 Å². The average molecular weight is 337 g/mol. The number of ketones is 1. The van der Waals surface area contributed by atoms with Crippen molar-refractivity contribution in [1.29, 1.82) is 0 Å². The van der Waals surface area contributed by atoms with Crippen LogP contribution in [-0.4, -0.2) is 11.5 Å². The van der Waals surface area contributed by atoms with Crippen LogP contribution in [0.15, 0.2) is 57.8 Å². The lowest BCUT2D eigenvalue weighted by molar-refractivity contribution is 0.0994. The van der Waals surface area contributed by atoms with Gasteiger partial charge in [0.05, 0.1) is 15.8 Å². The Kier molecular flexibility index (Phi) is 4.24. The molecule has 106 valence electrons. The first-order chi connectivity index (χ1) is 10.1. The Hall–Kier alpha value is -1.42. The number of Topliss-reactive ketones (excluding diaryl/α,β-unsaturated/α-hetero) is 1. The van der Waals surface area contributed by atoms with Gasteiger partial charge >= 0.3 is 0 Å². The number of halogens is 2. The Labute approximate surface area is 136 Å². The van der Waals surface area contributed by atoms with Gasteiger partial charge in [0, 0.05) is 10.3 Å². The summed E-state index contributed by atoms with van der Waals surface area (Å²) < 4.78 is 5.55. The Morgan fingerprint density at radius 2 is 1.81 bits per heavy atom. The van der Waals surface area contributed by atoms with Crippen LogP contribution in [0.1, 0.15) is 10.6 Å².